The van der Waals surface area contributed by atoms with Crippen LogP contribution < -0.4 is 5.32 Å². The summed E-state index contributed by atoms with van der Waals surface area (Å²) < 4.78 is 6.13. The lowest BCUT2D eigenvalue weighted by molar-refractivity contribution is 0.0601. The zero-order valence-corrected chi connectivity index (χ0v) is 10.7. The number of carbonyl (C=O) groups is 2. The Balaban J connectivity index is 2.08. The Hall–Kier alpha value is -2.15. The summed E-state index contributed by atoms with van der Waals surface area (Å²) in [5, 5.41) is 8.82. The monoisotopic (exact) mass is 265 g/mol. The van der Waals surface area contributed by atoms with Crippen molar-refractivity contribution in [3.63, 3.8) is 0 Å². The highest BCUT2D eigenvalue weighted by Crippen LogP contribution is 2.21. The third kappa shape index (κ3) is 2.57. The minimum atomic E-state index is -0.423. The van der Waals surface area contributed by atoms with E-state index in [-0.39, 0.29) is 5.91 Å². The molecule has 0 spiro atoms. The molecular weight excluding hydrogens is 254 g/mol. The first kappa shape index (κ1) is 12.3. The molecule has 1 N–H and O–H groups in total. The molecular formula is C11H11N3O3S. The fraction of sp³-hybridized carbons (Fsp3) is 0.182. The van der Waals surface area contributed by atoms with Crippen LogP contribution in [0.3, 0.4) is 0 Å². The van der Waals surface area contributed by atoms with Crippen LogP contribution in [0.4, 0.5) is 5.00 Å². The zero-order chi connectivity index (χ0) is 13.1. The number of hydrogen-bond acceptors (Lipinski definition) is 5. The molecule has 0 aliphatic carbocycles. The smallest absolute Gasteiger partial charge is 0.338 e. The Labute approximate surface area is 107 Å². The van der Waals surface area contributed by atoms with E-state index in [1.807, 2.05) is 0 Å². The van der Waals surface area contributed by atoms with Gasteiger partial charge >= 0.3 is 5.97 Å². The van der Waals surface area contributed by atoms with Gasteiger partial charge < -0.3 is 10.1 Å². The topological polar surface area (TPSA) is 73.2 Å². The number of carbonyl (C=O) groups excluding carboxylic acids is 2. The van der Waals surface area contributed by atoms with Crippen molar-refractivity contribution in [3.8, 4) is 0 Å². The molecule has 7 heteroatoms. The summed E-state index contributed by atoms with van der Waals surface area (Å²) >= 11 is 1.26. The molecule has 6 nitrogen and oxygen atoms in total. The van der Waals surface area contributed by atoms with Crippen molar-refractivity contribution in [2.75, 3.05) is 12.4 Å². The molecule has 2 aromatic rings. The normalized spacial score (nSPS) is 10.1. The standard InChI is InChI=1S/C11H11N3O3S/c1-14-5-8(4-12-14)10(15)13-9-3-7(6-18-9)11(16)17-2/h3-6H,1-2H3,(H,13,15). The van der Waals surface area contributed by atoms with Crippen molar-refractivity contribution in [1.29, 1.82) is 0 Å². The van der Waals surface area contributed by atoms with Crippen molar-refractivity contribution < 1.29 is 14.3 Å². The van der Waals surface area contributed by atoms with Crippen molar-refractivity contribution >= 4 is 28.2 Å². The minimum Gasteiger partial charge on any atom is -0.465 e. The lowest BCUT2D eigenvalue weighted by Gasteiger charge is -1.98. The van der Waals surface area contributed by atoms with Gasteiger partial charge in [-0.25, -0.2) is 4.79 Å². The van der Waals surface area contributed by atoms with Crippen LogP contribution in [0.25, 0.3) is 0 Å². The summed E-state index contributed by atoms with van der Waals surface area (Å²) in [6, 6.07) is 1.57. The van der Waals surface area contributed by atoms with Crippen LogP contribution >= 0.6 is 11.3 Å². The predicted octanol–water partition coefficient (Wildman–Crippen LogP) is 1.52. The molecule has 2 heterocycles. The van der Waals surface area contributed by atoms with E-state index < -0.39 is 5.97 Å². The summed E-state index contributed by atoms with van der Waals surface area (Å²) in [6.07, 6.45) is 3.09. The number of nitrogens with zero attached hydrogens (tertiary/aromatic N) is 2. The van der Waals surface area contributed by atoms with E-state index in [1.165, 1.54) is 24.6 Å². The molecule has 0 saturated carbocycles. The second-order valence-corrected chi connectivity index (χ2v) is 4.46. The predicted molar refractivity (Wildman–Crippen MR) is 66.8 cm³/mol. The second kappa shape index (κ2) is 5.01. The van der Waals surface area contributed by atoms with Crippen LogP contribution in [0.5, 0.6) is 0 Å². The first-order valence-corrected chi connectivity index (χ1v) is 5.95. The highest BCUT2D eigenvalue weighted by Gasteiger charge is 2.12. The highest BCUT2D eigenvalue weighted by molar-refractivity contribution is 7.14. The molecule has 0 saturated heterocycles. The minimum absolute atomic E-state index is 0.263. The lowest BCUT2D eigenvalue weighted by Crippen LogP contribution is -2.10. The van der Waals surface area contributed by atoms with Gasteiger partial charge in [0, 0.05) is 18.6 Å². The van der Waals surface area contributed by atoms with Gasteiger partial charge in [-0.1, -0.05) is 0 Å². The number of esters is 1. The van der Waals surface area contributed by atoms with Gasteiger partial charge in [-0.15, -0.1) is 11.3 Å². The fourth-order valence-corrected chi connectivity index (χ4v) is 2.11. The van der Waals surface area contributed by atoms with Gasteiger partial charge in [-0.2, -0.15) is 5.10 Å². The largest absolute Gasteiger partial charge is 0.465 e. The maximum Gasteiger partial charge on any atom is 0.338 e. The maximum atomic E-state index is 11.8. The van der Waals surface area contributed by atoms with Gasteiger partial charge in [0.15, 0.2) is 0 Å². The number of ether oxygens (including phenoxy) is 1. The van der Waals surface area contributed by atoms with E-state index in [2.05, 4.69) is 15.2 Å². The molecule has 18 heavy (non-hydrogen) atoms. The van der Waals surface area contributed by atoms with Crippen LogP contribution in [0.2, 0.25) is 0 Å². The average molecular weight is 265 g/mol. The molecule has 2 rings (SSSR count). The third-order valence-electron chi connectivity index (χ3n) is 2.22. The zero-order valence-electron chi connectivity index (χ0n) is 9.84. The molecule has 0 aliphatic heterocycles. The molecule has 2 aromatic heterocycles. The number of aromatic nitrogens is 2. The van der Waals surface area contributed by atoms with Crippen molar-refractivity contribution in [3.05, 3.63) is 35.0 Å². The number of nitrogens with one attached hydrogen (secondary N) is 1. The molecule has 0 unspecified atom stereocenters. The second-order valence-electron chi connectivity index (χ2n) is 3.55. The van der Waals surface area contributed by atoms with Crippen molar-refractivity contribution in [1.82, 2.24) is 9.78 Å². The molecule has 0 aliphatic rings. The summed E-state index contributed by atoms with van der Waals surface area (Å²) in [6.45, 7) is 0. The van der Waals surface area contributed by atoms with E-state index in [4.69, 9.17) is 0 Å². The van der Waals surface area contributed by atoms with Gasteiger partial charge in [-0.05, 0) is 6.07 Å². The maximum absolute atomic E-state index is 11.8. The number of anilines is 1. The Bertz CT molecular complexity index is 588. The molecule has 0 aromatic carbocycles. The molecule has 0 atom stereocenters. The van der Waals surface area contributed by atoms with Crippen LogP contribution in [0, 0.1) is 0 Å². The van der Waals surface area contributed by atoms with Crippen LogP contribution in [0.15, 0.2) is 23.8 Å². The first-order valence-electron chi connectivity index (χ1n) is 5.07. The van der Waals surface area contributed by atoms with Gasteiger partial charge in [0.25, 0.3) is 5.91 Å². The van der Waals surface area contributed by atoms with E-state index in [1.54, 1.807) is 29.4 Å². The molecule has 1 amide bonds. The Morgan fingerprint density at radius 1 is 1.44 bits per heavy atom. The number of hydrogen-bond donors (Lipinski definition) is 1. The molecule has 0 bridgehead atoms. The third-order valence-corrected chi connectivity index (χ3v) is 3.07. The lowest BCUT2D eigenvalue weighted by atomic mass is 10.3. The summed E-state index contributed by atoms with van der Waals surface area (Å²) in [7, 11) is 3.05. The van der Waals surface area contributed by atoms with Crippen LogP contribution in [0.1, 0.15) is 20.7 Å². The van der Waals surface area contributed by atoms with Crippen LogP contribution in [-0.4, -0.2) is 28.8 Å². The number of rotatable bonds is 3. The quantitative estimate of drug-likeness (QED) is 0.854. The molecule has 94 valence electrons. The number of amides is 1. The Kier molecular flexibility index (Phi) is 3.42. The highest BCUT2D eigenvalue weighted by atomic mass is 32.1. The number of aryl methyl sites for hydroxylation is 1. The van der Waals surface area contributed by atoms with E-state index in [0.717, 1.165) is 0 Å². The van der Waals surface area contributed by atoms with E-state index in [9.17, 15) is 9.59 Å². The fourth-order valence-electron chi connectivity index (χ4n) is 1.35. The van der Waals surface area contributed by atoms with Crippen molar-refractivity contribution in [2.45, 2.75) is 0 Å². The summed E-state index contributed by atoms with van der Waals surface area (Å²) in [4.78, 5) is 23.0. The Morgan fingerprint density at radius 3 is 2.83 bits per heavy atom. The van der Waals surface area contributed by atoms with Gasteiger partial charge in [0.2, 0.25) is 0 Å². The van der Waals surface area contributed by atoms with Gasteiger partial charge in [0.05, 0.1) is 29.4 Å². The summed E-state index contributed by atoms with van der Waals surface area (Å²) in [5.41, 5.74) is 0.884. The average Bonchev–Trinajstić information content (AvgIpc) is 2.97. The summed E-state index contributed by atoms with van der Waals surface area (Å²) in [5.74, 6) is -0.686. The number of thiophene rings is 1. The van der Waals surface area contributed by atoms with Crippen LogP contribution in [-0.2, 0) is 11.8 Å². The van der Waals surface area contributed by atoms with Gasteiger partial charge in [-0.3, -0.25) is 9.48 Å². The Morgan fingerprint density at radius 2 is 2.22 bits per heavy atom. The molecule has 0 fully saturated rings. The first-order chi connectivity index (χ1) is 8.60. The van der Waals surface area contributed by atoms with Crippen molar-refractivity contribution in [2.24, 2.45) is 7.05 Å². The SMILES string of the molecule is COC(=O)c1csc(NC(=O)c2cnn(C)c2)c1. The van der Waals surface area contributed by atoms with E-state index >= 15 is 0 Å². The number of methoxy groups -OCH3 is 1. The molecule has 0 radical (unpaired) electrons. The van der Waals surface area contributed by atoms with E-state index in [0.29, 0.717) is 16.1 Å². The van der Waals surface area contributed by atoms with Gasteiger partial charge in [0.1, 0.15) is 0 Å².